The van der Waals surface area contributed by atoms with Crippen LogP contribution in [0.3, 0.4) is 0 Å². The number of nitro groups is 1. The third kappa shape index (κ3) is 14.5. The van der Waals surface area contributed by atoms with Gasteiger partial charge in [-0.3, -0.25) is 19.7 Å². The van der Waals surface area contributed by atoms with Gasteiger partial charge in [-0.15, -0.1) is 0 Å². The first kappa shape index (κ1) is 61.4. The van der Waals surface area contributed by atoms with Gasteiger partial charge < -0.3 is 57.6 Å². The van der Waals surface area contributed by atoms with E-state index in [1.807, 2.05) is 75.9 Å². The van der Waals surface area contributed by atoms with E-state index in [0.717, 1.165) is 11.2 Å². The molecule has 0 bridgehead atoms. The molecule has 1 fully saturated rings. The Morgan fingerprint density at radius 1 is 0.701 bits per heavy atom. The average molecular weight is 1180 g/mol. The van der Waals surface area contributed by atoms with Crippen molar-refractivity contribution in [3.8, 4) is 33.9 Å². The molecule has 0 unspecified atom stereocenters. The minimum absolute atomic E-state index is 0.00931. The van der Waals surface area contributed by atoms with E-state index in [1.165, 1.54) is 77.5 Å². The van der Waals surface area contributed by atoms with Crippen molar-refractivity contribution in [2.45, 2.75) is 65.6 Å². The van der Waals surface area contributed by atoms with E-state index in [4.69, 9.17) is 32.7 Å². The number of azo groups is 1. The number of carbonyl (C=O) groups excluding carboxylic acids is 3. The molecule has 2 heterocycles. The van der Waals surface area contributed by atoms with E-state index in [1.54, 1.807) is 55.6 Å². The fraction of sp³-hybridized carbons (Fsp3) is 0.266. The molecule has 0 atom stereocenters. The molecule has 1 aliphatic carbocycles. The number of phenolic OH excluding ortho intramolecular Hbond substituents is 1. The maximum atomic E-state index is 14.3. The molecular weight excluding hydrogens is 1120 g/mol. The molecule has 2 N–H and O–H groups in total. The Balaban J connectivity index is 0.869. The SMILES string of the molecule is CCN(CCOC(=O)OCc1cc(C(=O)O)cc(COC(=O)N(C)CCN(C)C(=O)c2ccccc2-c2c3ccc(=O)cc-3oc3cc(O)ccc23)c1OCc1ccc(B2OC(C)(C)C(C)(C)O2)cc1)c1ccc(N=Nc2ccc([N+](=O)[O-])cc2)cc1. The van der Waals surface area contributed by atoms with E-state index in [9.17, 15) is 44.3 Å². The number of aromatic carboxylic acids is 1. The average Bonchev–Trinajstić information content (AvgIpc) is 1.84. The Labute approximate surface area is 500 Å². The maximum Gasteiger partial charge on any atom is 0.508 e. The molecule has 2 aliphatic heterocycles. The van der Waals surface area contributed by atoms with Gasteiger partial charge in [0, 0.05) is 96.9 Å². The highest BCUT2D eigenvalue weighted by atomic mass is 16.7. The zero-order valence-electron chi connectivity index (χ0n) is 48.9. The molecule has 3 aliphatic rings. The number of rotatable bonds is 22. The van der Waals surface area contributed by atoms with Crippen LogP contribution in [0.2, 0.25) is 0 Å². The fourth-order valence-corrected chi connectivity index (χ4v) is 9.54. The Bertz CT molecular complexity index is 3890. The van der Waals surface area contributed by atoms with Crippen molar-refractivity contribution in [2.75, 3.05) is 51.8 Å². The summed E-state index contributed by atoms with van der Waals surface area (Å²) in [4.78, 5) is 81.5. The topological polar surface area (TPSA) is 272 Å². The van der Waals surface area contributed by atoms with Crippen LogP contribution >= 0.6 is 0 Å². The summed E-state index contributed by atoms with van der Waals surface area (Å²) in [5.74, 6) is -1.38. The van der Waals surface area contributed by atoms with Crippen LogP contribution in [-0.4, -0.2) is 114 Å². The molecule has 22 nitrogen and oxygen atoms in total. The van der Waals surface area contributed by atoms with Gasteiger partial charge in [-0.1, -0.05) is 42.5 Å². The zero-order chi connectivity index (χ0) is 62.2. The van der Waals surface area contributed by atoms with E-state index < -0.39 is 54.7 Å². The van der Waals surface area contributed by atoms with E-state index in [0.29, 0.717) is 56.7 Å². The number of likely N-dealkylation sites (N-methyl/N-ethyl adjacent to an activating group) is 3. The number of carboxylic acid groups (broad SMARTS) is 1. The Morgan fingerprint density at radius 2 is 1.33 bits per heavy atom. The number of fused-ring (bicyclic) bond motifs is 2. The molecule has 23 heteroatoms. The van der Waals surface area contributed by atoms with Crippen molar-refractivity contribution in [1.29, 1.82) is 0 Å². The second kappa shape index (κ2) is 26.4. The van der Waals surface area contributed by atoms with E-state index >= 15 is 0 Å². The Morgan fingerprint density at radius 3 is 1.98 bits per heavy atom. The number of amides is 2. The molecule has 0 spiro atoms. The second-order valence-corrected chi connectivity index (χ2v) is 21.6. The molecule has 2 amide bonds. The van der Waals surface area contributed by atoms with Crippen molar-refractivity contribution in [2.24, 2.45) is 10.2 Å². The van der Waals surface area contributed by atoms with Crippen molar-refractivity contribution < 1.29 is 67.0 Å². The summed E-state index contributed by atoms with van der Waals surface area (Å²) in [6.07, 6.45) is -1.85. The number of phenols is 1. The molecule has 87 heavy (non-hydrogen) atoms. The molecule has 0 saturated carbocycles. The molecule has 9 rings (SSSR count). The van der Waals surface area contributed by atoms with Gasteiger partial charge in [0.2, 0.25) is 0 Å². The van der Waals surface area contributed by atoms with Crippen molar-refractivity contribution in [3.63, 3.8) is 0 Å². The largest absolute Gasteiger partial charge is 0.508 e. The fourth-order valence-electron chi connectivity index (χ4n) is 9.54. The van der Waals surface area contributed by atoms with Crippen LogP contribution < -0.4 is 20.5 Å². The Kier molecular flexibility index (Phi) is 18.7. The summed E-state index contributed by atoms with van der Waals surface area (Å²) >= 11 is 0. The first-order valence-corrected chi connectivity index (χ1v) is 27.8. The van der Waals surface area contributed by atoms with Crippen LogP contribution in [0.1, 0.15) is 72.0 Å². The predicted molar refractivity (Wildman–Crippen MR) is 324 cm³/mol. The van der Waals surface area contributed by atoms with Crippen LogP contribution in [0, 0.1) is 10.1 Å². The minimum Gasteiger partial charge on any atom is -0.508 e. The minimum atomic E-state index is -1.32. The van der Waals surface area contributed by atoms with Crippen LogP contribution in [0.25, 0.3) is 33.4 Å². The second-order valence-electron chi connectivity index (χ2n) is 21.6. The molecule has 6 aromatic rings. The first-order chi connectivity index (χ1) is 41.6. The summed E-state index contributed by atoms with van der Waals surface area (Å²) < 4.78 is 41.8. The number of hydrogen-bond donors (Lipinski definition) is 2. The molecule has 1 saturated heterocycles. The van der Waals surface area contributed by atoms with Gasteiger partial charge in [0.25, 0.3) is 11.6 Å². The monoisotopic (exact) mass is 1180 g/mol. The standard InChI is InChI=1S/C64H63BN6O16/c1-8-70(47-21-17-45(18-22-47)66-67-46-19-23-48(24-20-46)71(79)80)31-32-81-62(78)84-39-43-34-41(60(75)76)33-42(58(43)82-37-40-13-15-44(16-14-40)65-86-63(2,3)64(4,5)87-65)38-83-61(77)69(7)30-29-68(6)59(74)52-12-10-9-11-51(52)57-53-27-25-49(72)35-55(53)85-56-36-50(73)26-28-54(56)57/h9-28,33-36,72H,8,29-32,37-39H2,1-7H3,(H,75,76). The highest BCUT2D eigenvalue weighted by Gasteiger charge is 2.51. The lowest BCUT2D eigenvalue weighted by atomic mass is 9.79. The predicted octanol–water partition coefficient (Wildman–Crippen LogP) is 11.7. The molecule has 6 aromatic carbocycles. The summed E-state index contributed by atoms with van der Waals surface area (Å²) in [6.45, 7) is 9.55. The zero-order valence-corrected chi connectivity index (χ0v) is 48.9. The number of anilines is 1. The first-order valence-electron chi connectivity index (χ1n) is 27.8. The summed E-state index contributed by atoms with van der Waals surface area (Å²) in [5.41, 5.74) is 4.27. The number of nitro benzene ring substituents is 1. The molecule has 448 valence electrons. The van der Waals surface area contributed by atoms with Crippen LogP contribution in [0.15, 0.2) is 165 Å². The number of carbonyl (C=O) groups is 4. The van der Waals surface area contributed by atoms with Crippen LogP contribution in [-0.2, 0) is 43.3 Å². The van der Waals surface area contributed by atoms with Gasteiger partial charge in [0.15, 0.2) is 5.43 Å². The van der Waals surface area contributed by atoms with Gasteiger partial charge in [0.05, 0.1) is 39.6 Å². The number of benzene rings is 7. The number of non-ortho nitro benzene ring substituents is 1. The lowest BCUT2D eigenvalue weighted by molar-refractivity contribution is -0.384. The highest BCUT2D eigenvalue weighted by molar-refractivity contribution is 6.62. The molecular formula is C64H63BN6O16. The quantitative estimate of drug-likeness (QED) is 0.0159. The normalized spacial score (nSPS) is 13.3. The van der Waals surface area contributed by atoms with Gasteiger partial charge in [-0.2, -0.15) is 10.2 Å². The third-order valence-corrected chi connectivity index (χ3v) is 15.1. The summed E-state index contributed by atoms with van der Waals surface area (Å²) in [6, 6.07) is 38.8. The van der Waals surface area contributed by atoms with E-state index in [-0.39, 0.29) is 83.8 Å². The Hall–Kier alpha value is -10.1. The van der Waals surface area contributed by atoms with Gasteiger partial charge in [-0.05, 0) is 130 Å². The lowest BCUT2D eigenvalue weighted by Crippen LogP contribution is -2.41. The number of ether oxygens (including phenoxy) is 4. The summed E-state index contributed by atoms with van der Waals surface area (Å²) in [7, 11) is 2.47. The lowest BCUT2D eigenvalue weighted by Gasteiger charge is -2.32. The van der Waals surface area contributed by atoms with Gasteiger partial charge >= 0.3 is 25.3 Å². The molecule has 0 radical (unpaired) electrons. The van der Waals surface area contributed by atoms with Crippen molar-refractivity contribution in [1.82, 2.24) is 9.80 Å². The van der Waals surface area contributed by atoms with Crippen LogP contribution in [0.5, 0.6) is 11.5 Å². The smallest absolute Gasteiger partial charge is 0.508 e. The van der Waals surface area contributed by atoms with Crippen LogP contribution in [0.4, 0.5) is 32.3 Å². The molecule has 0 aromatic heterocycles. The van der Waals surface area contributed by atoms with Gasteiger partial charge in [-0.25, -0.2) is 14.4 Å². The van der Waals surface area contributed by atoms with Crippen molar-refractivity contribution >= 4 is 70.4 Å². The highest BCUT2D eigenvalue weighted by Crippen LogP contribution is 2.42. The maximum absolute atomic E-state index is 14.3. The van der Waals surface area contributed by atoms with Crippen molar-refractivity contribution in [3.05, 3.63) is 194 Å². The summed E-state index contributed by atoms with van der Waals surface area (Å²) in [5, 5.41) is 40.5. The third-order valence-electron chi connectivity index (χ3n) is 15.1. The number of aromatic hydroxyl groups is 1. The van der Waals surface area contributed by atoms with E-state index in [2.05, 4.69) is 10.2 Å². The number of hydrogen-bond acceptors (Lipinski definition) is 18. The number of nitrogens with zero attached hydrogens (tertiary/aromatic N) is 6. The van der Waals surface area contributed by atoms with Gasteiger partial charge in [0.1, 0.15) is 49.3 Å². The number of carboxylic acids is 1.